The third-order valence-corrected chi connectivity index (χ3v) is 5.68. The number of hydrogen-bond donors (Lipinski definition) is 2. The van der Waals surface area contributed by atoms with Gasteiger partial charge in [-0.05, 0) is 62.0 Å². The van der Waals surface area contributed by atoms with E-state index in [0.29, 0.717) is 5.41 Å². The lowest BCUT2D eigenvalue weighted by Gasteiger charge is -2.33. The molecule has 2 N–H and O–H groups in total. The van der Waals surface area contributed by atoms with Crippen LogP contribution in [0.25, 0.3) is 11.3 Å². The number of H-pyrrole nitrogens is 1. The van der Waals surface area contributed by atoms with Crippen molar-refractivity contribution in [2.75, 3.05) is 26.2 Å². The SMILES string of the molecule is Clc1ccc(-c2[nH]ncc2CN2CCC3(CCNCC3)C2)cc1. The zero-order valence-corrected chi connectivity index (χ0v) is 14.1. The molecule has 5 heteroatoms. The second-order valence-electron chi connectivity index (χ2n) is 6.99. The molecule has 0 aliphatic carbocycles. The highest BCUT2D eigenvalue weighted by atomic mass is 35.5. The van der Waals surface area contributed by atoms with Gasteiger partial charge in [0.1, 0.15) is 0 Å². The molecule has 0 saturated carbocycles. The highest BCUT2D eigenvalue weighted by molar-refractivity contribution is 6.30. The number of nitrogens with one attached hydrogen (secondary N) is 2. The van der Waals surface area contributed by atoms with Crippen molar-refractivity contribution in [3.63, 3.8) is 0 Å². The summed E-state index contributed by atoms with van der Waals surface area (Å²) in [6, 6.07) is 7.97. The van der Waals surface area contributed by atoms with Crippen molar-refractivity contribution in [1.29, 1.82) is 0 Å². The first-order valence-electron chi connectivity index (χ1n) is 8.45. The number of piperidine rings is 1. The fraction of sp³-hybridized carbons (Fsp3) is 0.500. The number of nitrogens with zero attached hydrogens (tertiary/aromatic N) is 2. The number of aromatic nitrogens is 2. The Balaban J connectivity index is 1.48. The summed E-state index contributed by atoms with van der Waals surface area (Å²) in [4.78, 5) is 2.59. The minimum atomic E-state index is 0.551. The van der Waals surface area contributed by atoms with Crippen LogP contribution in [0.5, 0.6) is 0 Å². The summed E-state index contributed by atoms with van der Waals surface area (Å²) >= 11 is 5.99. The number of likely N-dealkylation sites (tertiary alicyclic amines) is 1. The van der Waals surface area contributed by atoms with Crippen molar-refractivity contribution in [2.24, 2.45) is 5.41 Å². The molecule has 122 valence electrons. The number of rotatable bonds is 3. The molecule has 23 heavy (non-hydrogen) atoms. The molecule has 1 aromatic heterocycles. The van der Waals surface area contributed by atoms with Gasteiger partial charge in [-0.2, -0.15) is 5.10 Å². The van der Waals surface area contributed by atoms with Crippen molar-refractivity contribution in [1.82, 2.24) is 20.4 Å². The van der Waals surface area contributed by atoms with Gasteiger partial charge in [-0.1, -0.05) is 23.7 Å². The van der Waals surface area contributed by atoms with Crippen LogP contribution in [-0.2, 0) is 6.54 Å². The quantitative estimate of drug-likeness (QED) is 0.907. The third-order valence-electron chi connectivity index (χ3n) is 5.43. The van der Waals surface area contributed by atoms with Crippen molar-refractivity contribution in [2.45, 2.75) is 25.8 Å². The van der Waals surface area contributed by atoms with E-state index in [-0.39, 0.29) is 0 Å². The molecule has 1 aromatic carbocycles. The van der Waals surface area contributed by atoms with Gasteiger partial charge in [-0.25, -0.2) is 0 Å². The van der Waals surface area contributed by atoms with Crippen LogP contribution in [0, 0.1) is 5.41 Å². The average Bonchev–Trinajstić information content (AvgIpc) is 3.17. The predicted molar refractivity (Wildman–Crippen MR) is 93.5 cm³/mol. The molecule has 4 rings (SSSR count). The van der Waals surface area contributed by atoms with Crippen molar-refractivity contribution < 1.29 is 0 Å². The average molecular weight is 331 g/mol. The van der Waals surface area contributed by atoms with Gasteiger partial charge in [0.25, 0.3) is 0 Å². The maximum atomic E-state index is 5.99. The summed E-state index contributed by atoms with van der Waals surface area (Å²) in [5.41, 5.74) is 4.10. The van der Waals surface area contributed by atoms with Gasteiger partial charge >= 0.3 is 0 Å². The van der Waals surface area contributed by atoms with E-state index in [1.165, 1.54) is 51.0 Å². The third kappa shape index (κ3) is 3.16. The predicted octanol–water partition coefficient (Wildman–Crippen LogP) is 3.31. The van der Waals surface area contributed by atoms with E-state index in [2.05, 4.69) is 32.5 Å². The minimum absolute atomic E-state index is 0.551. The Morgan fingerprint density at radius 2 is 1.91 bits per heavy atom. The van der Waals surface area contributed by atoms with Crippen LogP contribution in [0.1, 0.15) is 24.8 Å². The zero-order chi connectivity index (χ0) is 15.7. The Hall–Kier alpha value is -1.36. The second kappa shape index (κ2) is 6.27. The summed E-state index contributed by atoms with van der Waals surface area (Å²) in [5, 5.41) is 11.7. The highest BCUT2D eigenvalue weighted by Gasteiger charge is 2.38. The minimum Gasteiger partial charge on any atom is -0.317 e. The van der Waals surface area contributed by atoms with E-state index in [4.69, 9.17) is 11.6 Å². The topological polar surface area (TPSA) is 44.0 Å². The molecule has 3 heterocycles. The summed E-state index contributed by atoms with van der Waals surface area (Å²) in [5.74, 6) is 0. The normalized spacial score (nSPS) is 21.1. The van der Waals surface area contributed by atoms with Crippen LogP contribution in [0.4, 0.5) is 0 Å². The maximum absolute atomic E-state index is 5.99. The van der Waals surface area contributed by atoms with Gasteiger partial charge in [-0.15, -0.1) is 0 Å². The van der Waals surface area contributed by atoms with Crippen LogP contribution in [0.15, 0.2) is 30.5 Å². The van der Waals surface area contributed by atoms with E-state index < -0.39 is 0 Å². The van der Waals surface area contributed by atoms with Crippen molar-refractivity contribution in [3.05, 3.63) is 41.0 Å². The molecule has 0 atom stereocenters. The van der Waals surface area contributed by atoms with E-state index in [1.54, 1.807) is 0 Å². The first kappa shape index (κ1) is 15.2. The van der Waals surface area contributed by atoms with Crippen LogP contribution < -0.4 is 5.32 Å². The first-order chi connectivity index (χ1) is 11.2. The fourth-order valence-corrected chi connectivity index (χ4v) is 4.19. The Morgan fingerprint density at radius 1 is 1.13 bits per heavy atom. The van der Waals surface area contributed by atoms with Crippen LogP contribution in [0.2, 0.25) is 5.02 Å². The number of aromatic amines is 1. The second-order valence-corrected chi connectivity index (χ2v) is 7.42. The smallest absolute Gasteiger partial charge is 0.0695 e. The molecule has 2 fully saturated rings. The molecular formula is C18H23ClN4. The van der Waals surface area contributed by atoms with Crippen LogP contribution in [0.3, 0.4) is 0 Å². The molecule has 2 aliphatic heterocycles. The van der Waals surface area contributed by atoms with Gasteiger partial charge in [0.2, 0.25) is 0 Å². The largest absolute Gasteiger partial charge is 0.317 e. The lowest BCUT2D eigenvalue weighted by atomic mass is 9.78. The summed E-state index contributed by atoms with van der Waals surface area (Å²) < 4.78 is 0. The molecule has 0 unspecified atom stereocenters. The molecule has 4 nitrogen and oxygen atoms in total. The summed E-state index contributed by atoms with van der Waals surface area (Å²) in [6.07, 6.45) is 5.94. The molecule has 0 radical (unpaired) electrons. The maximum Gasteiger partial charge on any atom is 0.0695 e. The summed E-state index contributed by atoms with van der Waals surface area (Å²) in [6.45, 7) is 5.75. The Bertz CT molecular complexity index is 658. The molecule has 2 aromatic rings. The van der Waals surface area contributed by atoms with E-state index in [1.807, 2.05) is 18.3 Å². The zero-order valence-electron chi connectivity index (χ0n) is 13.3. The molecule has 1 spiro atoms. The molecule has 0 amide bonds. The molecular weight excluding hydrogens is 308 g/mol. The van der Waals surface area contributed by atoms with Crippen molar-refractivity contribution >= 4 is 11.6 Å². The number of benzene rings is 1. The van der Waals surface area contributed by atoms with E-state index in [0.717, 1.165) is 22.8 Å². The monoisotopic (exact) mass is 330 g/mol. The molecule has 0 bridgehead atoms. The molecule has 2 saturated heterocycles. The lowest BCUT2D eigenvalue weighted by Crippen LogP contribution is -2.38. The first-order valence-corrected chi connectivity index (χ1v) is 8.83. The summed E-state index contributed by atoms with van der Waals surface area (Å²) in [7, 11) is 0. The highest BCUT2D eigenvalue weighted by Crippen LogP contribution is 2.39. The van der Waals surface area contributed by atoms with Crippen LogP contribution >= 0.6 is 11.6 Å². The Morgan fingerprint density at radius 3 is 2.70 bits per heavy atom. The van der Waals surface area contributed by atoms with Gasteiger partial charge in [-0.3, -0.25) is 10.00 Å². The fourth-order valence-electron chi connectivity index (χ4n) is 4.07. The Kier molecular flexibility index (Phi) is 4.14. The number of hydrogen-bond acceptors (Lipinski definition) is 3. The van der Waals surface area contributed by atoms with Gasteiger partial charge < -0.3 is 5.32 Å². The Labute approximate surface area is 142 Å². The van der Waals surface area contributed by atoms with E-state index in [9.17, 15) is 0 Å². The van der Waals surface area contributed by atoms with Crippen LogP contribution in [-0.4, -0.2) is 41.3 Å². The lowest BCUT2D eigenvalue weighted by molar-refractivity contribution is 0.194. The van der Waals surface area contributed by atoms with Gasteiger partial charge in [0.05, 0.1) is 11.9 Å². The van der Waals surface area contributed by atoms with E-state index >= 15 is 0 Å². The standard InChI is InChI=1S/C18H23ClN4/c19-16-3-1-14(2-4-16)17-15(11-21-22-17)12-23-10-7-18(13-23)5-8-20-9-6-18/h1-4,11,20H,5-10,12-13H2,(H,21,22). The number of halogens is 1. The molecule has 2 aliphatic rings. The van der Waals surface area contributed by atoms with Gasteiger partial charge in [0.15, 0.2) is 0 Å². The van der Waals surface area contributed by atoms with Gasteiger partial charge in [0, 0.05) is 23.7 Å². The van der Waals surface area contributed by atoms with Crippen molar-refractivity contribution in [3.8, 4) is 11.3 Å².